The van der Waals surface area contributed by atoms with Crippen LogP contribution in [0.4, 0.5) is 8.78 Å². The average molecular weight is 385 g/mol. The van der Waals surface area contributed by atoms with Gasteiger partial charge in [0.05, 0.1) is 12.2 Å². The van der Waals surface area contributed by atoms with Crippen LogP contribution in [-0.4, -0.2) is 37.6 Å². The monoisotopic (exact) mass is 385 g/mol. The first-order chi connectivity index (χ1) is 13.4. The minimum atomic E-state index is -0.566. The predicted molar refractivity (Wildman–Crippen MR) is 100 cm³/mol. The van der Waals surface area contributed by atoms with Gasteiger partial charge in [0.25, 0.3) is 5.56 Å². The third kappa shape index (κ3) is 3.87. The Morgan fingerprint density at radius 2 is 1.75 bits per heavy atom. The van der Waals surface area contributed by atoms with Crippen molar-refractivity contribution in [1.82, 2.24) is 24.5 Å². The highest BCUT2D eigenvalue weighted by Gasteiger charge is 2.27. The Bertz CT molecular complexity index is 1050. The second kappa shape index (κ2) is 7.27. The molecule has 3 heterocycles. The maximum Gasteiger partial charge on any atom is 0.266 e. The molecule has 28 heavy (non-hydrogen) atoms. The summed E-state index contributed by atoms with van der Waals surface area (Å²) >= 11 is 0. The van der Waals surface area contributed by atoms with Crippen LogP contribution in [-0.2, 0) is 13.1 Å². The molecule has 8 heteroatoms. The fourth-order valence-corrected chi connectivity index (χ4v) is 3.67. The Morgan fingerprint density at radius 3 is 2.39 bits per heavy atom. The van der Waals surface area contributed by atoms with Gasteiger partial charge in [0.1, 0.15) is 11.6 Å². The van der Waals surface area contributed by atoms with Crippen molar-refractivity contribution in [3.63, 3.8) is 0 Å². The van der Waals surface area contributed by atoms with Gasteiger partial charge in [0.2, 0.25) is 0 Å². The Kier molecular flexibility index (Phi) is 4.80. The molecule has 0 bridgehead atoms. The van der Waals surface area contributed by atoms with Crippen molar-refractivity contribution >= 4 is 0 Å². The molecular formula is C20H21F2N5O. The standard InChI is InChI=1S/C20H21F2N5O/c1-13-5-14(2)27(23-13)19-3-4-20(28)26(24-19)12-16-10-25(11-16)9-15-6-17(21)8-18(22)7-15/h3-8,16H,9-12H2,1-2H3. The quantitative estimate of drug-likeness (QED) is 0.677. The summed E-state index contributed by atoms with van der Waals surface area (Å²) < 4.78 is 29.8. The zero-order valence-electron chi connectivity index (χ0n) is 15.8. The summed E-state index contributed by atoms with van der Waals surface area (Å²) in [5, 5.41) is 8.86. The van der Waals surface area contributed by atoms with E-state index in [2.05, 4.69) is 15.1 Å². The third-order valence-corrected chi connectivity index (χ3v) is 4.87. The molecule has 3 aromatic rings. The van der Waals surface area contributed by atoms with Gasteiger partial charge in [-0.3, -0.25) is 9.69 Å². The number of halogens is 2. The molecule has 146 valence electrons. The van der Waals surface area contributed by atoms with Crippen molar-refractivity contribution in [3.05, 3.63) is 75.3 Å². The zero-order valence-corrected chi connectivity index (χ0v) is 15.8. The lowest BCUT2D eigenvalue weighted by molar-refractivity contribution is 0.0764. The molecule has 0 atom stereocenters. The van der Waals surface area contributed by atoms with Crippen LogP contribution in [0.25, 0.3) is 5.82 Å². The molecule has 1 aliphatic heterocycles. The fraction of sp³-hybridized carbons (Fsp3) is 0.350. The van der Waals surface area contributed by atoms with Crippen molar-refractivity contribution in [3.8, 4) is 5.82 Å². The number of likely N-dealkylation sites (tertiary alicyclic amines) is 1. The largest absolute Gasteiger partial charge is 0.298 e. The SMILES string of the molecule is Cc1cc(C)n(-c2ccc(=O)n(CC3CN(Cc4cc(F)cc(F)c4)C3)n2)n1. The van der Waals surface area contributed by atoms with Crippen LogP contribution < -0.4 is 5.56 Å². The molecule has 1 aliphatic rings. The van der Waals surface area contributed by atoms with Crippen LogP contribution >= 0.6 is 0 Å². The van der Waals surface area contributed by atoms with Gasteiger partial charge in [0, 0.05) is 43.4 Å². The Balaban J connectivity index is 1.41. The second-order valence-corrected chi connectivity index (χ2v) is 7.39. The van der Waals surface area contributed by atoms with Crippen molar-refractivity contribution in [2.24, 2.45) is 5.92 Å². The van der Waals surface area contributed by atoms with Crippen molar-refractivity contribution in [2.75, 3.05) is 13.1 Å². The molecule has 4 rings (SSSR count). The molecule has 1 saturated heterocycles. The van der Waals surface area contributed by atoms with E-state index in [-0.39, 0.29) is 11.5 Å². The van der Waals surface area contributed by atoms with Crippen LogP contribution in [0, 0.1) is 31.4 Å². The number of hydrogen-bond acceptors (Lipinski definition) is 4. The van der Waals surface area contributed by atoms with E-state index in [9.17, 15) is 13.6 Å². The minimum absolute atomic E-state index is 0.157. The van der Waals surface area contributed by atoms with Gasteiger partial charge in [-0.1, -0.05) is 0 Å². The fourth-order valence-electron chi connectivity index (χ4n) is 3.67. The maximum absolute atomic E-state index is 13.3. The topological polar surface area (TPSA) is 56.0 Å². The van der Waals surface area contributed by atoms with Crippen LogP contribution in [0.5, 0.6) is 0 Å². The maximum atomic E-state index is 13.3. The normalized spacial score (nSPS) is 15.0. The van der Waals surface area contributed by atoms with Crippen LogP contribution in [0.15, 0.2) is 41.2 Å². The summed E-state index contributed by atoms with van der Waals surface area (Å²) in [6.45, 7) is 6.33. The molecule has 0 N–H and O–H groups in total. The first-order valence-corrected chi connectivity index (χ1v) is 9.16. The molecule has 0 unspecified atom stereocenters. The Labute approximate surface area is 161 Å². The summed E-state index contributed by atoms with van der Waals surface area (Å²) in [5.41, 5.74) is 2.29. The summed E-state index contributed by atoms with van der Waals surface area (Å²) in [7, 11) is 0. The minimum Gasteiger partial charge on any atom is -0.298 e. The van der Waals surface area contributed by atoms with Gasteiger partial charge in [-0.2, -0.15) is 5.10 Å². The predicted octanol–water partition coefficient (Wildman–Crippen LogP) is 2.46. The lowest BCUT2D eigenvalue weighted by Gasteiger charge is -2.39. The van der Waals surface area contributed by atoms with E-state index in [1.54, 1.807) is 10.7 Å². The summed E-state index contributed by atoms with van der Waals surface area (Å²) in [5.74, 6) is -0.261. The van der Waals surface area contributed by atoms with Gasteiger partial charge >= 0.3 is 0 Å². The van der Waals surface area contributed by atoms with E-state index >= 15 is 0 Å². The van der Waals surface area contributed by atoms with E-state index in [4.69, 9.17) is 0 Å². The third-order valence-electron chi connectivity index (χ3n) is 4.87. The second-order valence-electron chi connectivity index (χ2n) is 7.39. The highest BCUT2D eigenvalue weighted by Crippen LogP contribution is 2.21. The van der Waals surface area contributed by atoms with Gasteiger partial charge in [-0.15, -0.1) is 5.10 Å². The summed E-state index contributed by atoms with van der Waals surface area (Å²) in [6.07, 6.45) is 0. The summed E-state index contributed by atoms with van der Waals surface area (Å²) in [4.78, 5) is 14.3. The molecule has 0 saturated carbocycles. The van der Waals surface area contributed by atoms with E-state index in [1.165, 1.54) is 22.9 Å². The number of nitrogens with zero attached hydrogens (tertiary/aromatic N) is 5. The first-order valence-electron chi connectivity index (χ1n) is 9.16. The molecule has 0 spiro atoms. The van der Waals surface area contributed by atoms with Crippen LogP contribution in [0.2, 0.25) is 0 Å². The lowest BCUT2D eigenvalue weighted by Crippen LogP contribution is -2.48. The van der Waals surface area contributed by atoms with E-state index in [0.29, 0.717) is 24.5 Å². The number of aromatic nitrogens is 4. The van der Waals surface area contributed by atoms with E-state index in [0.717, 1.165) is 30.5 Å². The van der Waals surface area contributed by atoms with Crippen LogP contribution in [0.3, 0.4) is 0 Å². The smallest absolute Gasteiger partial charge is 0.266 e. The summed E-state index contributed by atoms with van der Waals surface area (Å²) in [6, 6.07) is 8.70. The van der Waals surface area contributed by atoms with Crippen molar-refractivity contribution in [1.29, 1.82) is 0 Å². The van der Waals surface area contributed by atoms with Gasteiger partial charge in [-0.25, -0.2) is 18.1 Å². The number of aryl methyl sites for hydroxylation is 2. The molecule has 0 radical (unpaired) electrons. The number of hydrogen-bond donors (Lipinski definition) is 0. The van der Waals surface area contributed by atoms with Gasteiger partial charge < -0.3 is 0 Å². The Hall–Kier alpha value is -2.87. The molecular weight excluding hydrogens is 364 g/mol. The molecule has 1 aromatic carbocycles. The van der Waals surface area contributed by atoms with Gasteiger partial charge in [0.15, 0.2) is 5.82 Å². The molecule has 6 nitrogen and oxygen atoms in total. The molecule has 2 aromatic heterocycles. The van der Waals surface area contributed by atoms with Gasteiger partial charge in [-0.05, 0) is 43.7 Å². The first kappa shape index (κ1) is 18.5. The van der Waals surface area contributed by atoms with Crippen molar-refractivity contribution in [2.45, 2.75) is 26.9 Å². The zero-order chi connectivity index (χ0) is 19.8. The molecule has 0 amide bonds. The number of rotatable bonds is 5. The molecule has 0 aliphatic carbocycles. The number of benzene rings is 1. The van der Waals surface area contributed by atoms with Crippen LogP contribution in [0.1, 0.15) is 17.0 Å². The molecule has 1 fully saturated rings. The van der Waals surface area contributed by atoms with E-state index in [1.807, 2.05) is 19.9 Å². The van der Waals surface area contributed by atoms with Crippen molar-refractivity contribution < 1.29 is 8.78 Å². The Morgan fingerprint density at radius 1 is 1.04 bits per heavy atom. The highest BCUT2D eigenvalue weighted by atomic mass is 19.1. The average Bonchev–Trinajstić information content (AvgIpc) is 2.92. The highest BCUT2D eigenvalue weighted by molar-refractivity contribution is 5.24. The lowest BCUT2D eigenvalue weighted by atomic mass is 9.99. The van der Waals surface area contributed by atoms with E-state index < -0.39 is 11.6 Å².